The van der Waals surface area contributed by atoms with Gasteiger partial charge in [-0.2, -0.15) is 0 Å². The van der Waals surface area contributed by atoms with Crippen LogP contribution < -0.4 is 21.3 Å². The number of carbonyl (C=O) groups excluding carboxylic acids is 3. The Balaban J connectivity index is 1.47. The zero-order valence-electron chi connectivity index (χ0n) is 22.9. The topological polar surface area (TPSA) is 131 Å². The molecule has 0 bridgehead atoms. The summed E-state index contributed by atoms with van der Waals surface area (Å²) in [5, 5.41) is 5.68. The maximum absolute atomic E-state index is 13.8. The molecule has 0 unspecified atom stereocenters. The summed E-state index contributed by atoms with van der Waals surface area (Å²) in [6.07, 6.45) is 1.12. The van der Waals surface area contributed by atoms with Gasteiger partial charge in [-0.15, -0.1) is 0 Å². The highest BCUT2D eigenvalue weighted by molar-refractivity contribution is 6.02. The molecule has 0 aliphatic carbocycles. The van der Waals surface area contributed by atoms with Crippen molar-refractivity contribution >= 4 is 34.5 Å². The summed E-state index contributed by atoms with van der Waals surface area (Å²) in [5.41, 5.74) is 9.85. The molecule has 5 rings (SSSR count). The van der Waals surface area contributed by atoms with Gasteiger partial charge in [-0.3, -0.25) is 14.4 Å². The number of anilines is 1. The molecule has 4 aromatic rings. The Morgan fingerprint density at radius 1 is 1.10 bits per heavy atom. The Labute approximate surface area is 232 Å². The highest BCUT2D eigenvalue weighted by Crippen LogP contribution is 2.31. The van der Waals surface area contributed by atoms with E-state index in [0.717, 1.165) is 16.8 Å². The third-order valence-corrected chi connectivity index (χ3v) is 6.97. The van der Waals surface area contributed by atoms with Crippen molar-refractivity contribution in [1.29, 1.82) is 0 Å². The first-order valence-corrected chi connectivity index (χ1v) is 13.4. The molecule has 40 heavy (non-hydrogen) atoms. The molecule has 0 saturated heterocycles. The second-order valence-electron chi connectivity index (χ2n) is 10.6. The van der Waals surface area contributed by atoms with E-state index in [1.54, 1.807) is 36.9 Å². The maximum atomic E-state index is 13.8. The molecule has 0 saturated carbocycles. The summed E-state index contributed by atoms with van der Waals surface area (Å²) >= 11 is 0. The zero-order valence-corrected chi connectivity index (χ0v) is 22.9. The van der Waals surface area contributed by atoms with Crippen LogP contribution in [0.3, 0.4) is 0 Å². The van der Waals surface area contributed by atoms with Crippen molar-refractivity contribution in [2.45, 2.75) is 51.7 Å². The van der Waals surface area contributed by atoms with E-state index in [0.29, 0.717) is 47.5 Å². The minimum atomic E-state index is -1.10. The number of hydrogen-bond donors (Lipinski definition) is 3. The molecular weight excluding hydrogens is 506 g/mol. The molecule has 1 aliphatic rings. The summed E-state index contributed by atoms with van der Waals surface area (Å²) in [7, 11) is 0. The van der Waals surface area contributed by atoms with Crippen LogP contribution >= 0.6 is 0 Å². The minimum absolute atomic E-state index is 0.195. The molecule has 4 N–H and O–H groups in total. The molecule has 206 valence electrons. The van der Waals surface area contributed by atoms with Crippen molar-refractivity contribution in [2.75, 3.05) is 11.4 Å². The molecule has 0 radical (unpaired) electrons. The number of nitrogens with two attached hydrogens (primary N) is 1. The van der Waals surface area contributed by atoms with Crippen LogP contribution in [-0.2, 0) is 22.6 Å². The SMILES string of the molecule is CCNC(=O)c1ccccc1-c1nc2cc(CN3C(=O)[C@H](NC(=O)C(C)(C)N)CCc4ccccc43)ccc2o1. The van der Waals surface area contributed by atoms with E-state index in [9.17, 15) is 14.4 Å². The zero-order chi connectivity index (χ0) is 28.4. The molecule has 0 fully saturated rings. The van der Waals surface area contributed by atoms with E-state index < -0.39 is 11.6 Å². The number of oxazole rings is 1. The summed E-state index contributed by atoms with van der Waals surface area (Å²) < 4.78 is 6.03. The fourth-order valence-electron chi connectivity index (χ4n) is 4.85. The second kappa shape index (κ2) is 10.9. The van der Waals surface area contributed by atoms with Crippen molar-refractivity contribution in [1.82, 2.24) is 15.6 Å². The third kappa shape index (κ3) is 5.46. The number of rotatable bonds is 7. The molecule has 1 aromatic heterocycles. The normalized spacial score (nSPS) is 15.4. The number of aromatic nitrogens is 1. The number of hydrogen-bond acceptors (Lipinski definition) is 6. The molecule has 1 aliphatic heterocycles. The second-order valence-corrected chi connectivity index (χ2v) is 10.6. The van der Waals surface area contributed by atoms with Gasteiger partial charge >= 0.3 is 0 Å². The van der Waals surface area contributed by atoms with Crippen LogP contribution in [0, 0.1) is 0 Å². The van der Waals surface area contributed by atoms with E-state index in [4.69, 9.17) is 10.2 Å². The van der Waals surface area contributed by atoms with Crippen LogP contribution in [0.2, 0.25) is 0 Å². The molecule has 2 heterocycles. The quantitative estimate of drug-likeness (QED) is 0.326. The van der Waals surface area contributed by atoms with Gasteiger partial charge in [-0.25, -0.2) is 4.98 Å². The minimum Gasteiger partial charge on any atom is -0.436 e. The van der Waals surface area contributed by atoms with E-state index in [1.807, 2.05) is 55.5 Å². The Hall–Kier alpha value is -4.50. The number of aryl methyl sites for hydroxylation is 1. The van der Waals surface area contributed by atoms with Gasteiger partial charge in [-0.1, -0.05) is 36.4 Å². The van der Waals surface area contributed by atoms with Crippen molar-refractivity contribution in [3.63, 3.8) is 0 Å². The number of carbonyl (C=O) groups is 3. The average molecular weight is 540 g/mol. The van der Waals surface area contributed by atoms with Crippen LogP contribution in [0.25, 0.3) is 22.6 Å². The summed E-state index contributed by atoms with van der Waals surface area (Å²) in [4.78, 5) is 45.4. The van der Waals surface area contributed by atoms with Crippen LogP contribution in [-0.4, -0.2) is 40.8 Å². The van der Waals surface area contributed by atoms with E-state index in [-0.39, 0.29) is 24.3 Å². The summed E-state index contributed by atoms with van der Waals surface area (Å²) in [5.74, 6) is -0.419. The smallest absolute Gasteiger partial charge is 0.252 e. The number of nitrogens with one attached hydrogen (secondary N) is 2. The van der Waals surface area contributed by atoms with Crippen LogP contribution in [0.15, 0.2) is 71.1 Å². The lowest BCUT2D eigenvalue weighted by molar-refractivity contribution is -0.130. The predicted molar refractivity (Wildman–Crippen MR) is 154 cm³/mol. The van der Waals surface area contributed by atoms with E-state index in [1.165, 1.54) is 0 Å². The maximum Gasteiger partial charge on any atom is 0.252 e. The van der Waals surface area contributed by atoms with Gasteiger partial charge in [-0.05, 0) is 75.1 Å². The van der Waals surface area contributed by atoms with Crippen molar-refractivity contribution in [3.8, 4) is 11.5 Å². The lowest BCUT2D eigenvalue weighted by Gasteiger charge is -2.28. The molecule has 9 heteroatoms. The van der Waals surface area contributed by atoms with Crippen molar-refractivity contribution < 1.29 is 18.8 Å². The highest BCUT2D eigenvalue weighted by Gasteiger charge is 2.34. The first-order chi connectivity index (χ1) is 19.2. The largest absolute Gasteiger partial charge is 0.436 e. The summed E-state index contributed by atoms with van der Waals surface area (Å²) in [6, 6.07) is 19.9. The Morgan fingerprint density at radius 3 is 2.62 bits per heavy atom. The molecule has 1 atom stereocenters. The van der Waals surface area contributed by atoms with Gasteiger partial charge in [0, 0.05) is 17.8 Å². The predicted octanol–water partition coefficient (Wildman–Crippen LogP) is 3.95. The third-order valence-electron chi connectivity index (χ3n) is 6.97. The Kier molecular flexibility index (Phi) is 7.40. The van der Waals surface area contributed by atoms with Gasteiger partial charge in [0.1, 0.15) is 11.6 Å². The molecule has 9 nitrogen and oxygen atoms in total. The highest BCUT2D eigenvalue weighted by atomic mass is 16.3. The van der Waals surface area contributed by atoms with Gasteiger partial charge < -0.3 is 25.7 Å². The Bertz CT molecular complexity index is 1590. The van der Waals surface area contributed by atoms with Gasteiger partial charge in [0.2, 0.25) is 17.7 Å². The first kappa shape index (κ1) is 27.1. The lowest BCUT2D eigenvalue weighted by Crippen LogP contribution is -2.56. The Morgan fingerprint density at radius 2 is 1.85 bits per heavy atom. The van der Waals surface area contributed by atoms with Crippen LogP contribution in [0.5, 0.6) is 0 Å². The number of fused-ring (bicyclic) bond motifs is 2. The van der Waals surface area contributed by atoms with Crippen molar-refractivity contribution in [3.05, 3.63) is 83.4 Å². The summed E-state index contributed by atoms with van der Waals surface area (Å²) in [6.45, 7) is 5.89. The molecular formula is C31H33N5O4. The number of nitrogens with zero attached hydrogens (tertiary/aromatic N) is 2. The van der Waals surface area contributed by atoms with Crippen molar-refractivity contribution in [2.24, 2.45) is 5.73 Å². The van der Waals surface area contributed by atoms with Crippen LogP contribution in [0.4, 0.5) is 5.69 Å². The van der Waals surface area contributed by atoms with Gasteiger partial charge in [0.15, 0.2) is 5.58 Å². The first-order valence-electron chi connectivity index (χ1n) is 13.4. The average Bonchev–Trinajstić information content (AvgIpc) is 3.31. The van der Waals surface area contributed by atoms with E-state index in [2.05, 4.69) is 15.6 Å². The lowest BCUT2D eigenvalue weighted by atomic mass is 10.0. The van der Waals surface area contributed by atoms with Gasteiger partial charge in [0.25, 0.3) is 5.91 Å². The fraction of sp³-hybridized carbons (Fsp3) is 0.290. The number of benzene rings is 3. The van der Waals surface area contributed by atoms with Crippen LogP contribution in [0.1, 0.15) is 48.7 Å². The van der Waals surface area contributed by atoms with E-state index >= 15 is 0 Å². The standard InChI is InChI=1S/C31H33N5O4/c1-4-33-27(37)21-10-6-7-11-22(21)28-34-24-17-19(13-16-26(24)40-28)18-36-25-12-8-5-9-20(25)14-15-23(29(36)38)35-30(39)31(2,3)32/h5-13,16-17,23H,4,14-15,18,32H2,1-3H3,(H,33,37)(H,35,39)/t23-/m1/s1. The molecule has 0 spiro atoms. The fourth-order valence-corrected chi connectivity index (χ4v) is 4.85. The number of amides is 3. The molecule has 3 aromatic carbocycles. The number of para-hydroxylation sites is 1. The monoisotopic (exact) mass is 539 g/mol. The van der Waals surface area contributed by atoms with Gasteiger partial charge in [0.05, 0.1) is 17.6 Å². The molecule has 3 amide bonds.